The third-order valence-electron chi connectivity index (χ3n) is 4.80. The highest BCUT2D eigenvalue weighted by atomic mass is 16.3. The summed E-state index contributed by atoms with van der Waals surface area (Å²) in [5.74, 6) is 0.394. The maximum absolute atomic E-state index is 12.4. The summed E-state index contributed by atoms with van der Waals surface area (Å²) in [5, 5.41) is 12.4. The first-order chi connectivity index (χ1) is 12.3. The molecule has 2 N–H and O–H groups in total. The van der Waals surface area contributed by atoms with Gasteiger partial charge in [0.25, 0.3) is 0 Å². The van der Waals surface area contributed by atoms with Gasteiger partial charge in [0.1, 0.15) is 0 Å². The van der Waals surface area contributed by atoms with Gasteiger partial charge in [-0.05, 0) is 36.9 Å². The first-order valence-corrected chi connectivity index (χ1v) is 9.04. The number of benzene rings is 2. The Morgan fingerprint density at radius 3 is 2.68 bits per heavy atom. The number of carbonyl (C=O) groups excluding carboxylic acids is 1. The van der Waals surface area contributed by atoms with E-state index in [1.165, 1.54) is 0 Å². The van der Waals surface area contributed by atoms with E-state index in [2.05, 4.69) is 10.2 Å². The van der Waals surface area contributed by atoms with Crippen molar-refractivity contribution in [2.75, 3.05) is 31.6 Å². The Morgan fingerprint density at radius 1 is 1.12 bits per heavy atom. The second-order valence-corrected chi connectivity index (χ2v) is 6.70. The molecule has 1 fully saturated rings. The van der Waals surface area contributed by atoms with Crippen LogP contribution in [0, 0.1) is 5.92 Å². The van der Waals surface area contributed by atoms with Gasteiger partial charge in [0.15, 0.2) is 0 Å². The van der Waals surface area contributed by atoms with E-state index >= 15 is 0 Å². The number of nitrogens with one attached hydrogen (secondary N) is 1. The molecule has 0 radical (unpaired) electrons. The second kappa shape index (κ2) is 8.79. The molecule has 132 valence electrons. The maximum Gasteiger partial charge on any atom is 0.225 e. The van der Waals surface area contributed by atoms with E-state index in [4.69, 9.17) is 0 Å². The zero-order valence-electron chi connectivity index (χ0n) is 14.5. The van der Waals surface area contributed by atoms with Crippen LogP contribution in [0.25, 0.3) is 11.1 Å². The summed E-state index contributed by atoms with van der Waals surface area (Å²) < 4.78 is 0. The van der Waals surface area contributed by atoms with Crippen molar-refractivity contribution < 1.29 is 9.90 Å². The third-order valence-corrected chi connectivity index (χ3v) is 4.80. The summed E-state index contributed by atoms with van der Waals surface area (Å²) >= 11 is 0. The first kappa shape index (κ1) is 17.6. The average Bonchev–Trinajstić information content (AvgIpc) is 2.68. The summed E-state index contributed by atoms with van der Waals surface area (Å²) in [5.41, 5.74) is 2.99. The summed E-state index contributed by atoms with van der Waals surface area (Å²) in [7, 11) is 0. The minimum atomic E-state index is 0.0366. The SMILES string of the molecule is O=C(CCN1CCCC(CO)C1)Nc1ccccc1-c1ccccc1. The van der Waals surface area contributed by atoms with Gasteiger partial charge in [0.2, 0.25) is 5.91 Å². The normalized spacial score (nSPS) is 18.0. The molecule has 2 aromatic carbocycles. The molecule has 1 aliphatic rings. The van der Waals surface area contributed by atoms with Crippen LogP contribution in [0.3, 0.4) is 0 Å². The molecule has 4 nitrogen and oxygen atoms in total. The fourth-order valence-corrected chi connectivity index (χ4v) is 3.44. The fourth-order valence-electron chi connectivity index (χ4n) is 3.44. The van der Waals surface area contributed by atoms with Crippen molar-refractivity contribution in [2.24, 2.45) is 5.92 Å². The molecule has 0 aliphatic carbocycles. The van der Waals surface area contributed by atoms with Crippen molar-refractivity contribution in [3.63, 3.8) is 0 Å². The smallest absolute Gasteiger partial charge is 0.225 e. The lowest BCUT2D eigenvalue weighted by molar-refractivity contribution is -0.116. The molecule has 1 atom stereocenters. The first-order valence-electron chi connectivity index (χ1n) is 9.04. The van der Waals surface area contributed by atoms with Crippen molar-refractivity contribution in [3.05, 3.63) is 54.6 Å². The fraction of sp³-hybridized carbons (Fsp3) is 0.381. The molecule has 1 heterocycles. The topological polar surface area (TPSA) is 52.6 Å². The molecular formula is C21H26N2O2. The minimum Gasteiger partial charge on any atom is -0.396 e. The predicted molar refractivity (Wildman–Crippen MR) is 101 cm³/mol. The van der Waals surface area contributed by atoms with Crippen LogP contribution in [-0.4, -0.2) is 42.2 Å². The number of anilines is 1. The number of amides is 1. The van der Waals surface area contributed by atoms with Crippen LogP contribution in [0.15, 0.2) is 54.6 Å². The van der Waals surface area contributed by atoms with Gasteiger partial charge < -0.3 is 15.3 Å². The monoisotopic (exact) mass is 338 g/mol. The zero-order chi connectivity index (χ0) is 17.5. The van der Waals surface area contributed by atoms with Gasteiger partial charge in [-0.15, -0.1) is 0 Å². The third kappa shape index (κ3) is 4.91. The Bertz CT molecular complexity index is 687. The van der Waals surface area contributed by atoms with Gasteiger partial charge in [-0.25, -0.2) is 0 Å². The van der Waals surface area contributed by atoms with Gasteiger partial charge in [-0.2, -0.15) is 0 Å². The molecule has 1 amide bonds. The molecule has 4 heteroatoms. The maximum atomic E-state index is 12.4. The Balaban J connectivity index is 1.58. The highest BCUT2D eigenvalue weighted by molar-refractivity contribution is 5.95. The number of nitrogens with zero attached hydrogens (tertiary/aromatic N) is 1. The highest BCUT2D eigenvalue weighted by Gasteiger charge is 2.19. The Hall–Kier alpha value is -2.17. The molecule has 0 bridgehead atoms. The van der Waals surface area contributed by atoms with Crippen molar-refractivity contribution in [3.8, 4) is 11.1 Å². The lowest BCUT2D eigenvalue weighted by Gasteiger charge is -2.31. The van der Waals surface area contributed by atoms with Crippen LogP contribution in [-0.2, 0) is 4.79 Å². The molecule has 0 spiro atoms. The van der Waals surface area contributed by atoms with E-state index in [0.717, 1.165) is 49.3 Å². The number of piperidine rings is 1. The lowest BCUT2D eigenvalue weighted by atomic mass is 9.99. The quantitative estimate of drug-likeness (QED) is 0.849. The summed E-state index contributed by atoms with van der Waals surface area (Å²) in [4.78, 5) is 14.7. The Morgan fingerprint density at radius 2 is 1.88 bits per heavy atom. The van der Waals surface area contributed by atoms with Gasteiger partial charge in [-0.1, -0.05) is 48.5 Å². The average molecular weight is 338 g/mol. The summed E-state index contributed by atoms with van der Waals surface area (Å²) in [6.45, 7) is 2.90. The molecule has 0 aromatic heterocycles. The lowest BCUT2D eigenvalue weighted by Crippen LogP contribution is -2.38. The van der Waals surface area contributed by atoms with Crippen molar-refractivity contribution in [1.82, 2.24) is 4.90 Å². The van der Waals surface area contributed by atoms with Crippen LogP contribution in [0.5, 0.6) is 0 Å². The number of hydrogen-bond donors (Lipinski definition) is 2. The van der Waals surface area contributed by atoms with Crippen molar-refractivity contribution >= 4 is 11.6 Å². The van der Waals surface area contributed by atoms with Crippen LogP contribution in [0.2, 0.25) is 0 Å². The van der Waals surface area contributed by atoms with Crippen molar-refractivity contribution in [1.29, 1.82) is 0 Å². The number of hydrogen-bond acceptors (Lipinski definition) is 3. The number of aliphatic hydroxyl groups is 1. The van der Waals surface area contributed by atoms with Gasteiger partial charge in [-0.3, -0.25) is 4.79 Å². The van der Waals surface area contributed by atoms with Crippen LogP contribution in [0.4, 0.5) is 5.69 Å². The second-order valence-electron chi connectivity index (χ2n) is 6.70. The summed E-state index contributed by atoms with van der Waals surface area (Å²) in [6.07, 6.45) is 2.66. The summed E-state index contributed by atoms with van der Waals surface area (Å²) in [6, 6.07) is 18.0. The Labute approximate surface area is 149 Å². The number of aliphatic hydroxyl groups excluding tert-OH is 1. The largest absolute Gasteiger partial charge is 0.396 e. The standard InChI is InChI=1S/C21H26N2O2/c24-16-17-7-6-13-23(15-17)14-12-21(25)22-20-11-5-4-10-19(20)18-8-2-1-3-9-18/h1-5,8-11,17,24H,6-7,12-16H2,(H,22,25). The van der Waals surface area contributed by atoms with Gasteiger partial charge >= 0.3 is 0 Å². The van der Waals surface area contributed by atoms with Gasteiger partial charge in [0.05, 0.1) is 0 Å². The molecule has 3 rings (SSSR count). The molecule has 25 heavy (non-hydrogen) atoms. The molecule has 0 saturated carbocycles. The number of para-hydroxylation sites is 1. The molecular weight excluding hydrogens is 312 g/mol. The predicted octanol–water partition coefficient (Wildman–Crippen LogP) is 3.39. The Kier molecular flexibility index (Phi) is 6.20. The van der Waals surface area contributed by atoms with E-state index in [0.29, 0.717) is 12.3 Å². The van der Waals surface area contributed by atoms with E-state index < -0.39 is 0 Å². The molecule has 2 aromatic rings. The number of carbonyl (C=O) groups is 1. The number of rotatable bonds is 6. The molecule has 1 saturated heterocycles. The van der Waals surface area contributed by atoms with E-state index in [-0.39, 0.29) is 12.5 Å². The minimum absolute atomic E-state index is 0.0366. The van der Waals surface area contributed by atoms with Crippen LogP contribution < -0.4 is 5.32 Å². The van der Waals surface area contributed by atoms with E-state index in [1.54, 1.807) is 0 Å². The van der Waals surface area contributed by atoms with Crippen LogP contribution >= 0.6 is 0 Å². The van der Waals surface area contributed by atoms with E-state index in [1.807, 2.05) is 54.6 Å². The van der Waals surface area contributed by atoms with Crippen molar-refractivity contribution in [2.45, 2.75) is 19.3 Å². The van der Waals surface area contributed by atoms with Gasteiger partial charge in [0, 0.05) is 37.4 Å². The van der Waals surface area contributed by atoms with Crippen LogP contribution in [0.1, 0.15) is 19.3 Å². The zero-order valence-corrected chi connectivity index (χ0v) is 14.5. The number of likely N-dealkylation sites (tertiary alicyclic amines) is 1. The highest BCUT2D eigenvalue weighted by Crippen LogP contribution is 2.27. The van der Waals surface area contributed by atoms with E-state index in [9.17, 15) is 9.90 Å². The molecule has 1 aliphatic heterocycles. The molecule has 1 unspecified atom stereocenters.